The summed E-state index contributed by atoms with van der Waals surface area (Å²) in [5.41, 5.74) is -0.200. The van der Waals surface area contributed by atoms with Crippen molar-refractivity contribution in [1.82, 2.24) is 15.4 Å². The Hall–Kier alpha value is -2.77. The van der Waals surface area contributed by atoms with Gasteiger partial charge < -0.3 is 14.7 Å². The van der Waals surface area contributed by atoms with E-state index in [1.54, 1.807) is 0 Å². The molecule has 0 radical (unpaired) electrons. The average Bonchev–Trinajstić information content (AvgIpc) is 3.04. The summed E-state index contributed by atoms with van der Waals surface area (Å²) < 4.78 is 33.2. The zero-order valence-electron chi connectivity index (χ0n) is 17.6. The molecular weight excluding hydrogens is 392 g/mol. The van der Waals surface area contributed by atoms with Crippen molar-refractivity contribution in [3.8, 4) is 11.3 Å². The molecule has 2 amide bonds. The molecule has 1 aromatic heterocycles. The van der Waals surface area contributed by atoms with Crippen molar-refractivity contribution in [2.24, 2.45) is 11.8 Å². The smallest absolute Gasteiger partial charge is 0.279 e. The van der Waals surface area contributed by atoms with Crippen LogP contribution in [-0.2, 0) is 4.79 Å². The Balaban J connectivity index is 1.91. The number of halogens is 2. The lowest BCUT2D eigenvalue weighted by molar-refractivity contribution is -0.130. The van der Waals surface area contributed by atoms with Crippen LogP contribution in [0.4, 0.5) is 8.78 Å². The molecule has 1 N–H and O–H groups in total. The fourth-order valence-electron chi connectivity index (χ4n) is 3.79. The molecule has 0 aliphatic carbocycles. The van der Waals surface area contributed by atoms with Crippen LogP contribution in [0.2, 0.25) is 0 Å². The minimum Gasteiger partial charge on any atom is -0.352 e. The van der Waals surface area contributed by atoms with Crippen LogP contribution in [0.1, 0.15) is 51.0 Å². The maximum Gasteiger partial charge on any atom is 0.279 e. The van der Waals surface area contributed by atoms with Gasteiger partial charge in [0, 0.05) is 18.2 Å². The lowest BCUT2D eigenvalue weighted by atomic mass is 9.94. The lowest BCUT2D eigenvalue weighted by Gasteiger charge is -2.40. The number of benzene rings is 1. The zero-order chi connectivity index (χ0) is 22.0. The topological polar surface area (TPSA) is 75.4 Å². The first-order valence-electron chi connectivity index (χ1n) is 10.2. The molecule has 6 nitrogen and oxygen atoms in total. The largest absolute Gasteiger partial charge is 0.352 e. The monoisotopic (exact) mass is 419 g/mol. The molecule has 162 valence electrons. The van der Waals surface area contributed by atoms with E-state index in [9.17, 15) is 14.0 Å². The molecule has 2 atom stereocenters. The third-order valence-corrected chi connectivity index (χ3v) is 5.10. The van der Waals surface area contributed by atoms with E-state index >= 15 is 4.39 Å². The van der Waals surface area contributed by atoms with Crippen LogP contribution in [-0.4, -0.2) is 40.5 Å². The minimum absolute atomic E-state index is 0.162. The third kappa shape index (κ3) is 4.68. The van der Waals surface area contributed by atoms with Gasteiger partial charge in [-0.2, -0.15) is 4.39 Å². The normalized spacial score (nSPS) is 19.5. The predicted octanol–water partition coefficient (Wildman–Crippen LogP) is 4.02. The van der Waals surface area contributed by atoms with E-state index in [-0.39, 0.29) is 35.7 Å². The Morgan fingerprint density at radius 3 is 2.40 bits per heavy atom. The van der Waals surface area contributed by atoms with Crippen molar-refractivity contribution in [3.63, 3.8) is 0 Å². The van der Waals surface area contributed by atoms with Gasteiger partial charge in [-0.15, -0.1) is 0 Å². The van der Waals surface area contributed by atoms with Crippen molar-refractivity contribution in [1.29, 1.82) is 0 Å². The molecule has 0 bridgehead atoms. The maximum absolute atomic E-state index is 15.0. The second kappa shape index (κ2) is 8.93. The number of hydrogen-bond donors (Lipinski definition) is 1. The van der Waals surface area contributed by atoms with Crippen molar-refractivity contribution < 1.29 is 22.9 Å². The van der Waals surface area contributed by atoms with Gasteiger partial charge in [-0.1, -0.05) is 32.9 Å². The highest BCUT2D eigenvalue weighted by Crippen LogP contribution is 2.28. The van der Waals surface area contributed by atoms with Gasteiger partial charge >= 0.3 is 0 Å². The van der Waals surface area contributed by atoms with Gasteiger partial charge in [0.1, 0.15) is 11.9 Å². The van der Waals surface area contributed by atoms with Gasteiger partial charge in [-0.05, 0) is 48.9 Å². The Labute approximate surface area is 174 Å². The van der Waals surface area contributed by atoms with Crippen LogP contribution in [0, 0.1) is 23.5 Å². The Morgan fingerprint density at radius 1 is 1.17 bits per heavy atom. The fraction of sp³-hybridized carbons (Fsp3) is 0.500. The summed E-state index contributed by atoms with van der Waals surface area (Å²) in [4.78, 5) is 27.3. The van der Waals surface area contributed by atoms with Crippen molar-refractivity contribution in [2.75, 3.05) is 6.54 Å². The average molecular weight is 419 g/mol. The highest BCUT2D eigenvalue weighted by atomic mass is 19.1. The zero-order valence-corrected chi connectivity index (χ0v) is 17.6. The van der Waals surface area contributed by atoms with Gasteiger partial charge in [0.15, 0.2) is 0 Å². The molecule has 3 rings (SSSR count). The number of carbonyl (C=O) groups excluding carboxylic acids is 2. The van der Waals surface area contributed by atoms with Crippen molar-refractivity contribution >= 4 is 11.8 Å². The molecule has 0 spiro atoms. The standard InChI is InChI=1S/C22H27F2N3O3/c1-12(2)9-16-11-27(17(10-13(3)4)21(28)25-16)22(29)19-18(24)20(30-26-19)14-5-7-15(23)8-6-14/h5-8,12-13,16-17H,9-11H2,1-4H3,(H,25,28)/t16-,17-/m0/s1. The summed E-state index contributed by atoms with van der Waals surface area (Å²) >= 11 is 0. The van der Waals surface area contributed by atoms with Crippen LogP contribution >= 0.6 is 0 Å². The van der Waals surface area contributed by atoms with Crippen LogP contribution < -0.4 is 5.32 Å². The summed E-state index contributed by atoms with van der Waals surface area (Å²) in [6.07, 6.45) is 1.16. The summed E-state index contributed by atoms with van der Waals surface area (Å²) in [5.74, 6) is -2.06. The molecule has 1 fully saturated rings. The molecule has 2 heterocycles. The van der Waals surface area contributed by atoms with Crippen LogP contribution in [0.5, 0.6) is 0 Å². The number of nitrogens with one attached hydrogen (secondary N) is 1. The van der Waals surface area contributed by atoms with E-state index in [0.29, 0.717) is 18.8 Å². The third-order valence-electron chi connectivity index (χ3n) is 5.10. The molecule has 1 saturated heterocycles. The van der Waals surface area contributed by atoms with E-state index in [1.807, 2.05) is 27.7 Å². The summed E-state index contributed by atoms with van der Waals surface area (Å²) in [7, 11) is 0. The molecule has 2 aromatic rings. The van der Waals surface area contributed by atoms with Crippen molar-refractivity contribution in [2.45, 2.75) is 52.6 Å². The van der Waals surface area contributed by atoms with E-state index in [1.165, 1.54) is 29.2 Å². The first-order chi connectivity index (χ1) is 14.2. The predicted molar refractivity (Wildman–Crippen MR) is 108 cm³/mol. The number of hydrogen-bond acceptors (Lipinski definition) is 4. The number of nitrogens with zero attached hydrogens (tertiary/aromatic N) is 2. The van der Waals surface area contributed by atoms with Crippen LogP contribution in [0.15, 0.2) is 28.8 Å². The Kier molecular flexibility index (Phi) is 6.53. The van der Waals surface area contributed by atoms with Crippen LogP contribution in [0.3, 0.4) is 0 Å². The highest BCUT2D eigenvalue weighted by molar-refractivity contribution is 5.97. The lowest BCUT2D eigenvalue weighted by Crippen LogP contribution is -2.62. The van der Waals surface area contributed by atoms with E-state index in [2.05, 4.69) is 10.5 Å². The first-order valence-corrected chi connectivity index (χ1v) is 10.2. The molecule has 30 heavy (non-hydrogen) atoms. The van der Waals surface area contributed by atoms with E-state index < -0.39 is 29.3 Å². The summed E-state index contributed by atoms with van der Waals surface area (Å²) in [5, 5.41) is 6.63. The first kappa shape index (κ1) is 21.9. The second-order valence-corrected chi connectivity index (χ2v) is 8.62. The Bertz CT molecular complexity index is 909. The molecular formula is C22H27F2N3O3. The van der Waals surface area contributed by atoms with Gasteiger partial charge in [0.25, 0.3) is 5.91 Å². The van der Waals surface area contributed by atoms with E-state index in [0.717, 1.165) is 0 Å². The number of amides is 2. The maximum atomic E-state index is 15.0. The van der Waals surface area contributed by atoms with E-state index in [4.69, 9.17) is 4.52 Å². The molecule has 1 aliphatic rings. The quantitative estimate of drug-likeness (QED) is 0.767. The SMILES string of the molecule is CC(C)C[C@H]1CN(C(=O)c2noc(-c3ccc(F)cc3)c2F)[C@@H](CC(C)C)C(=O)N1. The van der Waals surface area contributed by atoms with Gasteiger partial charge in [0.2, 0.25) is 23.2 Å². The highest BCUT2D eigenvalue weighted by Gasteiger charge is 2.40. The molecule has 0 saturated carbocycles. The van der Waals surface area contributed by atoms with Gasteiger partial charge in [-0.25, -0.2) is 4.39 Å². The molecule has 8 heteroatoms. The number of rotatable bonds is 6. The van der Waals surface area contributed by atoms with Crippen molar-refractivity contribution in [3.05, 3.63) is 41.6 Å². The van der Waals surface area contributed by atoms with Gasteiger partial charge in [0.05, 0.1) is 0 Å². The molecule has 1 aliphatic heterocycles. The Morgan fingerprint density at radius 2 is 1.80 bits per heavy atom. The minimum atomic E-state index is -0.915. The number of carbonyl (C=O) groups is 2. The summed E-state index contributed by atoms with van der Waals surface area (Å²) in [6.45, 7) is 8.26. The molecule has 1 aromatic carbocycles. The fourth-order valence-corrected chi connectivity index (χ4v) is 3.79. The number of aromatic nitrogens is 1. The van der Waals surface area contributed by atoms with Gasteiger partial charge in [-0.3, -0.25) is 9.59 Å². The number of piperazine rings is 1. The molecule has 0 unspecified atom stereocenters. The van der Waals surface area contributed by atoms with Crippen LogP contribution in [0.25, 0.3) is 11.3 Å². The summed E-state index contributed by atoms with van der Waals surface area (Å²) in [6, 6.07) is 4.12. The second-order valence-electron chi connectivity index (χ2n) is 8.62.